The molecular weight excluding hydrogens is 232 g/mol. The SMILES string of the molecule is ClCCCC=NCCc1c[nH]c2ccccc12. The Morgan fingerprint density at radius 3 is 3.06 bits per heavy atom. The van der Waals surface area contributed by atoms with Gasteiger partial charge in [0.15, 0.2) is 0 Å². The number of benzene rings is 1. The molecule has 1 N–H and O–H groups in total. The zero-order valence-electron chi connectivity index (χ0n) is 9.82. The lowest BCUT2D eigenvalue weighted by Gasteiger charge is -1.95. The number of nitrogens with one attached hydrogen (secondary N) is 1. The second-order valence-corrected chi connectivity index (χ2v) is 4.41. The maximum Gasteiger partial charge on any atom is 0.0456 e. The second kappa shape index (κ2) is 6.45. The summed E-state index contributed by atoms with van der Waals surface area (Å²) in [6.45, 7) is 0.851. The van der Waals surface area contributed by atoms with E-state index in [0.717, 1.165) is 25.8 Å². The Balaban J connectivity index is 1.89. The van der Waals surface area contributed by atoms with E-state index in [4.69, 9.17) is 11.6 Å². The number of unbranched alkanes of at least 4 members (excludes halogenated alkanes) is 1. The Kier molecular flexibility index (Phi) is 4.63. The number of aromatic amines is 1. The number of alkyl halides is 1. The standard InChI is InChI=1S/C14H17ClN2/c15-8-3-4-9-16-10-7-12-11-17-14-6-2-1-5-13(12)14/h1-2,5-6,9,11,17H,3-4,7-8,10H2. The molecule has 0 aliphatic heterocycles. The van der Waals surface area contributed by atoms with Crippen molar-refractivity contribution in [2.75, 3.05) is 12.4 Å². The molecule has 0 saturated carbocycles. The van der Waals surface area contributed by atoms with Gasteiger partial charge in [-0.05, 0) is 37.1 Å². The van der Waals surface area contributed by atoms with Gasteiger partial charge in [0.2, 0.25) is 0 Å². The van der Waals surface area contributed by atoms with Gasteiger partial charge < -0.3 is 4.98 Å². The van der Waals surface area contributed by atoms with Crippen molar-refractivity contribution in [2.45, 2.75) is 19.3 Å². The summed E-state index contributed by atoms with van der Waals surface area (Å²) in [4.78, 5) is 7.67. The largest absolute Gasteiger partial charge is 0.361 e. The fraction of sp³-hybridized carbons (Fsp3) is 0.357. The highest BCUT2D eigenvalue weighted by molar-refractivity contribution is 6.17. The summed E-state index contributed by atoms with van der Waals surface area (Å²) in [5.41, 5.74) is 2.55. The molecule has 17 heavy (non-hydrogen) atoms. The highest BCUT2D eigenvalue weighted by atomic mass is 35.5. The molecule has 90 valence electrons. The molecule has 3 heteroatoms. The average Bonchev–Trinajstić information content (AvgIpc) is 2.77. The van der Waals surface area contributed by atoms with Gasteiger partial charge in [0, 0.05) is 29.5 Å². The van der Waals surface area contributed by atoms with E-state index in [1.165, 1.54) is 16.5 Å². The van der Waals surface area contributed by atoms with Crippen molar-refractivity contribution in [1.29, 1.82) is 0 Å². The first-order chi connectivity index (χ1) is 8.42. The zero-order valence-corrected chi connectivity index (χ0v) is 10.6. The van der Waals surface area contributed by atoms with Crippen LogP contribution in [0.2, 0.25) is 0 Å². The van der Waals surface area contributed by atoms with E-state index in [0.29, 0.717) is 5.88 Å². The summed E-state index contributed by atoms with van der Waals surface area (Å²) in [5, 5.41) is 1.31. The molecule has 2 nitrogen and oxygen atoms in total. The number of fused-ring (bicyclic) bond motifs is 1. The fourth-order valence-electron chi connectivity index (χ4n) is 1.87. The number of aromatic nitrogens is 1. The average molecular weight is 249 g/mol. The van der Waals surface area contributed by atoms with Crippen LogP contribution in [0, 0.1) is 0 Å². The van der Waals surface area contributed by atoms with Gasteiger partial charge >= 0.3 is 0 Å². The van der Waals surface area contributed by atoms with E-state index >= 15 is 0 Å². The van der Waals surface area contributed by atoms with Crippen LogP contribution in [0.3, 0.4) is 0 Å². The lowest BCUT2D eigenvalue weighted by Crippen LogP contribution is -1.89. The number of halogens is 1. The monoisotopic (exact) mass is 248 g/mol. The van der Waals surface area contributed by atoms with Gasteiger partial charge in [-0.1, -0.05) is 18.2 Å². The van der Waals surface area contributed by atoms with Crippen molar-refractivity contribution in [3.8, 4) is 0 Å². The fourth-order valence-corrected chi connectivity index (χ4v) is 2.03. The minimum absolute atomic E-state index is 0.717. The Bertz CT molecular complexity index is 488. The van der Waals surface area contributed by atoms with Gasteiger partial charge in [0.05, 0.1) is 0 Å². The van der Waals surface area contributed by atoms with Crippen LogP contribution in [0.25, 0.3) is 10.9 Å². The maximum atomic E-state index is 5.60. The summed E-state index contributed by atoms with van der Waals surface area (Å²) in [6, 6.07) is 8.37. The smallest absolute Gasteiger partial charge is 0.0456 e. The number of nitrogens with zero attached hydrogens (tertiary/aromatic N) is 1. The molecule has 0 radical (unpaired) electrons. The molecule has 0 unspecified atom stereocenters. The summed E-state index contributed by atoms with van der Waals surface area (Å²) in [7, 11) is 0. The molecule has 0 saturated heterocycles. The van der Waals surface area contributed by atoms with E-state index in [2.05, 4.69) is 34.4 Å². The number of hydrogen-bond acceptors (Lipinski definition) is 1. The normalized spacial score (nSPS) is 11.6. The lowest BCUT2D eigenvalue weighted by molar-refractivity contribution is 0.955. The maximum absolute atomic E-state index is 5.60. The van der Waals surface area contributed by atoms with Gasteiger partial charge in [0.1, 0.15) is 0 Å². The first kappa shape index (κ1) is 12.2. The van der Waals surface area contributed by atoms with Gasteiger partial charge in [-0.2, -0.15) is 0 Å². The molecular formula is C14H17ClN2. The number of H-pyrrole nitrogens is 1. The third kappa shape index (κ3) is 3.34. The first-order valence-corrected chi connectivity index (χ1v) is 6.54. The molecule has 0 fully saturated rings. The van der Waals surface area contributed by atoms with Gasteiger partial charge in [-0.15, -0.1) is 11.6 Å². The summed E-state index contributed by atoms with van der Waals surface area (Å²) in [5.74, 6) is 0.717. The predicted octanol–water partition coefficient (Wildman–Crippen LogP) is 3.80. The van der Waals surface area contributed by atoms with Crippen LogP contribution in [-0.2, 0) is 6.42 Å². The predicted molar refractivity (Wildman–Crippen MR) is 75.3 cm³/mol. The van der Waals surface area contributed by atoms with Crippen molar-refractivity contribution in [3.05, 3.63) is 36.0 Å². The van der Waals surface area contributed by atoms with Crippen LogP contribution in [0.5, 0.6) is 0 Å². The Morgan fingerprint density at radius 2 is 2.18 bits per heavy atom. The van der Waals surface area contributed by atoms with Crippen molar-refractivity contribution in [3.63, 3.8) is 0 Å². The zero-order chi connectivity index (χ0) is 11.9. The van der Waals surface area contributed by atoms with Crippen molar-refractivity contribution in [1.82, 2.24) is 4.98 Å². The van der Waals surface area contributed by atoms with Gasteiger partial charge in [-0.3, -0.25) is 4.99 Å². The first-order valence-electron chi connectivity index (χ1n) is 6.01. The van der Waals surface area contributed by atoms with E-state index in [1.54, 1.807) is 0 Å². The van der Waals surface area contributed by atoms with E-state index in [1.807, 2.05) is 12.3 Å². The Labute approximate surface area is 107 Å². The lowest BCUT2D eigenvalue weighted by atomic mass is 10.1. The Hall–Kier alpha value is -1.28. The van der Waals surface area contributed by atoms with Crippen LogP contribution in [0.1, 0.15) is 18.4 Å². The summed E-state index contributed by atoms with van der Waals surface area (Å²) >= 11 is 5.60. The van der Waals surface area contributed by atoms with Gasteiger partial charge in [-0.25, -0.2) is 0 Å². The van der Waals surface area contributed by atoms with E-state index < -0.39 is 0 Å². The van der Waals surface area contributed by atoms with Crippen LogP contribution in [-0.4, -0.2) is 23.6 Å². The number of aliphatic imine (C=N–C) groups is 1. The van der Waals surface area contributed by atoms with Gasteiger partial charge in [0.25, 0.3) is 0 Å². The number of para-hydroxylation sites is 1. The molecule has 0 amide bonds. The third-order valence-corrected chi connectivity index (χ3v) is 3.05. The molecule has 0 bridgehead atoms. The molecule has 0 atom stereocenters. The highest BCUT2D eigenvalue weighted by Gasteiger charge is 2.00. The molecule has 0 aliphatic carbocycles. The molecule has 2 aromatic rings. The quantitative estimate of drug-likeness (QED) is 0.458. The number of rotatable bonds is 6. The van der Waals surface area contributed by atoms with Crippen LogP contribution in [0.15, 0.2) is 35.5 Å². The minimum atomic E-state index is 0.717. The van der Waals surface area contributed by atoms with Crippen LogP contribution >= 0.6 is 11.6 Å². The summed E-state index contributed by atoms with van der Waals surface area (Å²) < 4.78 is 0. The molecule has 1 aromatic carbocycles. The molecule has 1 heterocycles. The third-order valence-electron chi connectivity index (χ3n) is 2.78. The van der Waals surface area contributed by atoms with Crippen LogP contribution in [0.4, 0.5) is 0 Å². The molecule has 0 aliphatic rings. The highest BCUT2D eigenvalue weighted by Crippen LogP contribution is 2.17. The van der Waals surface area contributed by atoms with Crippen molar-refractivity contribution < 1.29 is 0 Å². The number of hydrogen-bond donors (Lipinski definition) is 1. The topological polar surface area (TPSA) is 28.1 Å². The van der Waals surface area contributed by atoms with Crippen molar-refractivity contribution in [2.24, 2.45) is 4.99 Å². The Morgan fingerprint density at radius 1 is 1.29 bits per heavy atom. The molecule has 2 rings (SSSR count). The molecule has 1 aromatic heterocycles. The second-order valence-electron chi connectivity index (χ2n) is 4.03. The van der Waals surface area contributed by atoms with E-state index in [-0.39, 0.29) is 0 Å². The van der Waals surface area contributed by atoms with E-state index in [9.17, 15) is 0 Å². The van der Waals surface area contributed by atoms with Crippen molar-refractivity contribution >= 4 is 28.7 Å². The summed E-state index contributed by atoms with van der Waals surface area (Å²) in [6.07, 6.45) is 7.05. The minimum Gasteiger partial charge on any atom is -0.361 e. The van der Waals surface area contributed by atoms with Crippen LogP contribution < -0.4 is 0 Å². The molecule has 0 spiro atoms.